The van der Waals surface area contributed by atoms with Crippen LogP contribution in [0.4, 0.5) is 0 Å². The van der Waals surface area contributed by atoms with E-state index < -0.39 is 5.97 Å². The number of carbonyl (C=O) groups is 1. The van der Waals surface area contributed by atoms with Crippen LogP contribution in [0, 0.1) is 0 Å². The van der Waals surface area contributed by atoms with Crippen molar-refractivity contribution in [2.24, 2.45) is 0 Å². The topological polar surface area (TPSA) is 49.8 Å². The van der Waals surface area contributed by atoms with Crippen LogP contribution in [0.2, 0.25) is 0 Å². The molecular formula is C14H19NO3S. The molecule has 1 fully saturated rings. The first kappa shape index (κ1) is 14.2. The van der Waals surface area contributed by atoms with Crippen molar-refractivity contribution in [2.75, 3.05) is 26.0 Å². The van der Waals surface area contributed by atoms with Crippen molar-refractivity contribution in [3.8, 4) is 5.75 Å². The highest BCUT2D eigenvalue weighted by Crippen LogP contribution is 2.20. The first-order valence-electron chi connectivity index (χ1n) is 6.44. The molecule has 4 nitrogen and oxygen atoms in total. The molecule has 0 aromatic heterocycles. The number of carboxylic acids is 1. The zero-order chi connectivity index (χ0) is 13.7. The molecule has 19 heavy (non-hydrogen) atoms. The molecular weight excluding hydrogens is 262 g/mol. The lowest BCUT2D eigenvalue weighted by molar-refractivity contribution is -0.142. The monoisotopic (exact) mass is 281 g/mol. The number of hydrogen-bond donors (Lipinski definition) is 1. The fourth-order valence-corrected chi connectivity index (χ4v) is 2.73. The average molecular weight is 281 g/mol. The third kappa shape index (κ3) is 3.88. The largest absolute Gasteiger partial charge is 0.492 e. The smallest absolute Gasteiger partial charge is 0.320 e. The van der Waals surface area contributed by atoms with E-state index in [1.807, 2.05) is 35.4 Å². The van der Waals surface area contributed by atoms with Crippen LogP contribution in [0.3, 0.4) is 0 Å². The highest BCUT2D eigenvalue weighted by Gasteiger charge is 2.29. The van der Waals surface area contributed by atoms with Crippen LogP contribution in [-0.2, 0) is 4.79 Å². The third-order valence-corrected chi connectivity index (χ3v) is 4.10. The molecule has 0 saturated carbocycles. The van der Waals surface area contributed by atoms with Crippen LogP contribution in [0.1, 0.15) is 12.8 Å². The molecule has 1 aromatic carbocycles. The van der Waals surface area contributed by atoms with Gasteiger partial charge in [0, 0.05) is 11.4 Å². The number of aliphatic carboxylic acids is 1. The summed E-state index contributed by atoms with van der Waals surface area (Å²) in [4.78, 5) is 14.2. The zero-order valence-electron chi connectivity index (χ0n) is 11.0. The predicted octanol–water partition coefficient (Wildman–Crippen LogP) is 2.34. The molecule has 2 rings (SSSR count). The maximum atomic E-state index is 11.0. The molecule has 1 aliphatic rings. The lowest BCUT2D eigenvalue weighted by Gasteiger charge is -2.20. The number of carboxylic acid groups (broad SMARTS) is 1. The summed E-state index contributed by atoms with van der Waals surface area (Å²) in [5.41, 5.74) is 0. The Hall–Kier alpha value is -1.20. The molecule has 104 valence electrons. The van der Waals surface area contributed by atoms with Gasteiger partial charge in [0.25, 0.3) is 0 Å². The minimum Gasteiger partial charge on any atom is -0.492 e. The first-order valence-corrected chi connectivity index (χ1v) is 7.67. The molecule has 0 radical (unpaired) electrons. The molecule has 1 unspecified atom stereocenters. The third-order valence-electron chi connectivity index (χ3n) is 3.36. The van der Waals surface area contributed by atoms with Gasteiger partial charge in [-0.25, -0.2) is 0 Å². The van der Waals surface area contributed by atoms with Crippen LogP contribution in [0.5, 0.6) is 5.75 Å². The fourth-order valence-electron chi connectivity index (χ4n) is 2.33. The zero-order valence-corrected chi connectivity index (χ0v) is 11.9. The van der Waals surface area contributed by atoms with Crippen LogP contribution in [0.25, 0.3) is 0 Å². The fraction of sp³-hybridized carbons (Fsp3) is 0.500. The van der Waals surface area contributed by atoms with E-state index in [-0.39, 0.29) is 6.04 Å². The van der Waals surface area contributed by atoms with Gasteiger partial charge in [-0.15, -0.1) is 11.8 Å². The average Bonchev–Trinajstić information content (AvgIpc) is 2.88. The van der Waals surface area contributed by atoms with Crippen molar-refractivity contribution in [2.45, 2.75) is 23.8 Å². The maximum absolute atomic E-state index is 11.0. The molecule has 0 spiro atoms. The van der Waals surface area contributed by atoms with E-state index >= 15 is 0 Å². The predicted molar refractivity (Wildman–Crippen MR) is 75.9 cm³/mol. The van der Waals surface area contributed by atoms with Crippen molar-refractivity contribution >= 4 is 17.7 Å². The highest BCUT2D eigenvalue weighted by molar-refractivity contribution is 7.98. The van der Waals surface area contributed by atoms with E-state index in [4.69, 9.17) is 9.84 Å². The van der Waals surface area contributed by atoms with Crippen molar-refractivity contribution in [3.05, 3.63) is 24.3 Å². The van der Waals surface area contributed by atoms with Crippen molar-refractivity contribution in [3.63, 3.8) is 0 Å². The number of hydrogen-bond acceptors (Lipinski definition) is 4. The van der Waals surface area contributed by atoms with Crippen LogP contribution in [0.15, 0.2) is 29.2 Å². The van der Waals surface area contributed by atoms with Gasteiger partial charge in [0.1, 0.15) is 18.4 Å². The van der Waals surface area contributed by atoms with Gasteiger partial charge in [0.2, 0.25) is 0 Å². The van der Waals surface area contributed by atoms with Gasteiger partial charge in [-0.1, -0.05) is 0 Å². The van der Waals surface area contributed by atoms with Crippen molar-refractivity contribution in [1.82, 2.24) is 4.90 Å². The minimum absolute atomic E-state index is 0.331. The lowest BCUT2D eigenvalue weighted by atomic mass is 10.2. The summed E-state index contributed by atoms with van der Waals surface area (Å²) in [6, 6.07) is 7.61. The summed E-state index contributed by atoms with van der Waals surface area (Å²) >= 11 is 1.70. The Morgan fingerprint density at radius 2 is 2.21 bits per heavy atom. The Labute approximate surface area is 117 Å². The Kier molecular flexibility index (Phi) is 5.10. The second kappa shape index (κ2) is 6.82. The van der Waals surface area contributed by atoms with E-state index in [0.717, 1.165) is 25.1 Å². The number of rotatable bonds is 6. The number of ether oxygens (including phenoxy) is 1. The van der Waals surface area contributed by atoms with E-state index in [1.54, 1.807) is 11.8 Å². The van der Waals surface area contributed by atoms with Crippen LogP contribution in [-0.4, -0.2) is 48.0 Å². The second-order valence-corrected chi connectivity index (χ2v) is 5.44. The molecule has 1 heterocycles. The minimum atomic E-state index is -0.721. The SMILES string of the molecule is CSc1ccc(OCCN2CCCC2C(=O)O)cc1. The molecule has 1 saturated heterocycles. The second-order valence-electron chi connectivity index (χ2n) is 4.56. The number of thioether (sulfide) groups is 1. The summed E-state index contributed by atoms with van der Waals surface area (Å²) < 4.78 is 5.65. The van der Waals surface area contributed by atoms with Crippen LogP contribution < -0.4 is 4.74 Å². The van der Waals surface area contributed by atoms with Gasteiger partial charge in [-0.3, -0.25) is 9.69 Å². The standard InChI is InChI=1S/C14H19NO3S/c1-19-12-6-4-11(5-7-12)18-10-9-15-8-2-3-13(15)14(16)17/h4-7,13H,2-3,8-10H2,1H3,(H,16,17). The van der Waals surface area contributed by atoms with E-state index in [1.165, 1.54) is 4.90 Å². The van der Waals surface area contributed by atoms with Crippen LogP contribution >= 0.6 is 11.8 Å². The number of benzene rings is 1. The van der Waals surface area contributed by atoms with Crippen molar-refractivity contribution < 1.29 is 14.6 Å². The van der Waals surface area contributed by atoms with Gasteiger partial charge in [0.15, 0.2) is 0 Å². The van der Waals surface area contributed by atoms with Gasteiger partial charge in [-0.05, 0) is 49.9 Å². The molecule has 5 heteroatoms. The van der Waals surface area contributed by atoms with Gasteiger partial charge >= 0.3 is 5.97 Å². The quantitative estimate of drug-likeness (QED) is 0.811. The summed E-state index contributed by atoms with van der Waals surface area (Å²) in [6.45, 7) is 2.05. The molecule has 1 N–H and O–H groups in total. The molecule has 1 aromatic rings. The van der Waals surface area contributed by atoms with Crippen molar-refractivity contribution in [1.29, 1.82) is 0 Å². The molecule has 1 aliphatic heterocycles. The lowest BCUT2D eigenvalue weighted by Crippen LogP contribution is -2.38. The molecule has 0 amide bonds. The summed E-state index contributed by atoms with van der Waals surface area (Å²) in [6.07, 6.45) is 3.74. The Bertz CT molecular complexity index is 421. The molecule has 1 atom stereocenters. The molecule has 0 bridgehead atoms. The van der Waals surface area contributed by atoms with Gasteiger partial charge in [0.05, 0.1) is 0 Å². The Morgan fingerprint density at radius 3 is 2.84 bits per heavy atom. The molecule has 0 aliphatic carbocycles. The Morgan fingerprint density at radius 1 is 1.47 bits per heavy atom. The Balaban J connectivity index is 1.78. The normalized spacial score (nSPS) is 19.5. The van der Waals surface area contributed by atoms with E-state index in [2.05, 4.69) is 0 Å². The van der Waals surface area contributed by atoms with Gasteiger partial charge in [-0.2, -0.15) is 0 Å². The highest BCUT2D eigenvalue weighted by atomic mass is 32.2. The summed E-state index contributed by atoms with van der Waals surface area (Å²) in [5.74, 6) is 0.116. The van der Waals surface area contributed by atoms with Gasteiger partial charge < -0.3 is 9.84 Å². The first-order chi connectivity index (χ1) is 9.20. The number of likely N-dealkylation sites (tertiary alicyclic amines) is 1. The summed E-state index contributed by atoms with van der Waals surface area (Å²) in [5, 5.41) is 9.07. The summed E-state index contributed by atoms with van der Waals surface area (Å²) in [7, 11) is 0. The van der Waals surface area contributed by atoms with E-state index in [9.17, 15) is 4.79 Å². The maximum Gasteiger partial charge on any atom is 0.320 e. The number of nitrogens with zero attached hydrogens (tertiary/aromatic N) is 1. The van der Waals surface area contributed by atoms with E-state index in [0.29, 0.717) is 13.2 Å².